The molecule has 7 nitrogen and oxygen atoms in total. The van der Waals surface area contributed by atoms with Crippen molar-refractivity contribution in [2.45, 2.75) is 25.7 Å². The van der Waals surface area contributed by atoms with Crippen LogP contribution in [0.15, 0.2) is 47.5 Å². The van der Waals surface area contributed by atoms with Crippen LogP contribution in [-0.2, 0) is 0 Å². The van der Waals surface area contributed by atoms with Crippen molar-refractivity contribution >= 4 is 5.91 Å². The minimum Gasteiger partial charge on any atom is -0.341 e. The molecule has 0 bridgehead atoms. The van der Waals surface area contributed by atoms with Crippen LogP contribution in [0, 0.1) is 6.92 Å². The molecule has 7 heteroatoms. The van der Waals surface area contributed by atoms with E-state index in [0.717, 1.165) is 29.8 Å². The molecule has 1 fully saturated rings. The van der Waals surface area contributed by atoms with Gasteiger partial charge in [0.15, 0.2) is 0 Å². The first-order chi connectivity index (χ1) is 13.1. The predicted molar refractivity (Wildman–Crippen MR) is 101 cm³/mol. The number of benzene rings is 1. The molecule has 0 aliphatic carbocycles. The van der Waals surface area contributed by atoms with E-state index in [9.17, 15) is 9.59 Å². The van der Waals surface area contributed by atoms with E-state index >= 15 is 0 Å². The molecule has 1 atom stereocenters. The molecule has 0 saturated carbocycles. The quantitative estimate of drug-likeness (QED) is 0.747. The molecule has 2 aromatic heterocycles. The maximum atomic E-state index is 13.1. The van der Waals surface area contributed by atoms with E-state index < -0.39 is 0 Å². The smallest absolute Gasteiger partial charge is 0.274 e. The number of nitrogens with one attached hydrogen (secondary N) is 2. The molecule has 1 aromatic carbocycles. The Hall–Kier alpha value is -3.22. The number of amides is 1. The largest absolute Gasteiger partial charge is 0.341 e. The molecule has 1 amide bonds. The number of aromatic amines is 2. The number of nitrogens with zero attached hydrogens (tertiary/aromatic N) is 3. The summed E-state index contributed by atoms with van der Waals surface area (Å²) in [6.07, 6.45) is 3.21. The van der Waals surface area contributed by atoms with Gasteiger partial charge in [-0.25, -0.2) is 9.97 Å². The summed E-state index contributed by atoms with van der Waals surface area (Å²) in [6.45, 7) is 3.10. The molecule has 0 radical (unpaired) electrons. The van der Waals surface area contributed by atoms with Gasteiger partial charge in [-0.1, -0.05) is 30.3 Å². The summed E-state index contributed by atoms with van der Waals surface area (Å²) in [5.74, 6) is 0.680. The first-order valence-electron chi connectivity index (χ1n) is 9.08. The Bertz CT molecular complexity index is 1010. The van der Waals surface area contributed by atoms with Crippen molar-refractivity contribution in [3.8, 4) is 11.4 Å². The molecule has 4 rings (SSSR count). The lowest BCUT2D eigenvalue weighted by Crippen LogP contribution is -2.40. The second kappa shape index (κ2) is 7.19. The summed E-state index contributed by atoms with van der Waals surface area (Å²) in [4.78, 5) is 41.0. The maximum Gasteiger partial charge on any atom is 0.274 e. The topological polar surface area (TPSA) is 94.7 Å². The molecule has 1 aliphatic heterocycles. The number of rotatable bonds is 3. The van der Waals surface area contributed by atoms with Crippen LogP contribution >= 0.6 is 0 Å². The van der Waals surface area contributed by atoms with Gasteiger partial charge in [-0.2, -0.15) is 0 Å². The minimum atomic E-state index is -0.168. The summed E-state index contributed by atoms with van der Waals surface area (Å²) >= 11 is 0. The third kappa shape index (κ3) is 3.53. The fourth-order valence-electron chi connectivity index (χ4n) is 3.56. The van der Waals surface area contributed by atoms with E-state index in [4.69, 9.17) is 0 Å². The zero-order valence-electron chi connectivity index (χ0n) is 15.1. The zero-order chi connectivity index (χ0) is 18.8. The van der Waals surface area contributed by atoms with Crippen LogP contribution in [0.1, 0.15) is 40.6 Å². The second-order valence-corrected chi connectivity index (χ2v) is 6.85. The molecule has 3 heterocycles. The number of aromatic nitrogens is 4. The highest BCUT2D eigenvalue weighted by molar-refractivity contribution is 5.94. The Morgan fingerprint density at radius 2 is 2.07 bits per heavy atom. The van der Waals surface area contributed by atoms with Crippen molar-refractivity contribution < 1.29 is 4.79 Å². The highest BCUT2D eigenvalue weighted by Crippen LogP contribution is 2.26. The number of carbonyl (C=O) groups excluding carboxylic acids is 1. The van der Waals surface area contributed by atoms with Crippen LogP contribution in [0.3, 0.4) is 0 Å². The van der Waals surface area contributed by atoms with Crippen LogP contribution in [0.25, 0.3) is 11.4 Å². The molecule has 0 unspecified atom stereocenters. The van der Waals surface area contributed by atoms with Crippen LogP contribution in [0.2, 0.25) is 0 Å². The normalized spacial score (nSPS) is 17.1. The van der Waals surface area contributed by atoms with Crippen molar-refractivity contribution in [3.05, 3.63) is 70.2 Å². The molecular formula is C20H21N5O2. The molecule has 1 saturated heterocycles. The Kier molecular flexibility index (Phi) is 4.58. The highest BCUT2D eigenvalue weighted by atomic mass is 16.2. The van der Waals surface area contributed by atoms with Crippen molar-refractivity contribution in [3.63, 3.8) is 0 Å². The summed E-state index contributed by atoms with van der Waals surface area (Å²) < 4.78 is 0. The minimum absolute atomic E-state index is 0.0674. The van der Waals surface area contributed by atoms with Crippen LogP contribution < -0.4 is 5.56 Å². The Balaban J connectivity index is 1.56. The first-order valence-corrected chi connectivity index (χ1v) is 9.08. The molecule has 27 heavy (non-hydrogen) atoms. The number of likely N-dealkylation sites (tertiary alicyclic amines) is 1. The van der Waals surface area contributed by atoms with Gasteiger partial charge in [-0.05, 0) is 19.8 Å². The summed E-state index contributed by atoms with van der Waals surface area (Å²) in [5.41, 5.74) is 2.73. The van der Waals surface area contributed by atoms with Crippen molar-refractivity contribution in [1.82, 2.24) is 24.8 Å². The number of piperidine rings is 1. The summed E-state index contributed by atoms with van der Waals surface area (Å²) in [5, 5.41) is 0. The second-order valence-electron chi connectivity index (χ2n) is 6.85. The summed E-state index contributed by atoms with van der Waals surface area (Å²) in [6, 6.07) is 11.3. The molecule has 138 valence electrons. The van der Waals surface area contributed by atoms with Gasteiger partial charge < -0.3 is 14.9 Å². The lowest BCUT2D eigenvalue weighted by Gasteiger charge is -2.32. The summed E-state index contributed by atoms with van der Waals surface area (Å²) in [7, 11) is 0. The Labute approximate surface area is 156 Å². The predicted octanol–water partition coefficient (Wildman–Crippen LogP) is 2.49. The van der Waals surface area contributed by atoms with Gasteiger partial charge in [-0.3, -0.25) is 9.59 Å². The highest BCUT2D eigenvalue weighted by Gasteiger charge is 2.28. The van der Waals surface area contributed by atoms with E-state index in [1.807, 2.05) is 42.2 Å². The number of hydrogen-bond acceptors (Lipinski definition) is 4. The molecule has 1 aliphatic rings. The fraction of sp³-hybridized carbons (Fsp3) is 0.300. The zero-order valence-corrected chi connectivity index (χ0v) is 15.1. The van der Waals surface area contributed by atoms with Crippen LogP contribution in [0.5, 0.6) is 0 Å². The molecule has 2 N–H and O–H groups in total. The van der Waals surface area contributed by atoms with Gasteiger partial charge in [0.1, 0.15) is 11.5 Å². The SMILES string of the molecule is Cc1[nH]c(-c2ccccc2)nc1C(=O)N1CCC[C@@H](c2cc(=O)[nH]cn2)C1. The number of hydrogen-bond donors (Lipinski definition) is 2. The van der Waals surface area contributed by atoms with E-state index in [2.05, 4.69) is 19.9 Å². The number of aryl methyl sites for hydroxylation is 1. The van der Waals surface area contributed by atoms with Crippen LogP contribution in [-0.4, -0.2) is 43.8 Å². The number of imidazole rings is 1. The van der Waals surface area contributed by atoms with E-state index in [1.54, 1.807) is 0 Å². The van der Waals surface area contributed by atoms with Gasteiger partial charge in [0.05, 0.1) is 12.0 Å². The van der Waals surface area contributed by atoms with Crippen LogP contribution in [0.4, 0.5) is 0 Å². The maximum absolute atomic E-state index is 13.1. The first kappa shape index (κ1) is 17.2. The lowest BCUT2D eigenvalue weighted by molar-refractivity contribution is 0.0699. The van der Waals surface area contributed by atoms with Crippen molar-refractivity contribution in [1.29, 1.82) is 0 Å². The monoisotopic (exact) mass is 363 g/mol. The van der Waals surface area contributed by atoms with Gasteiger partial charge in [0.2, 0.25) is 0 Å². The van der Waals surface area contributed by atoms with Crippen molar-refractivity contribution in [2.24, 2.45) is 0 Å². The number of carbonyl (C=O) groups is 1. The van der Waals surface area contributed by atoms with E-state index in [0.29, 0.717) is 24.6 Å². The molecule has 0 spiro atoms. The number of H-pyrrole nitrogens is 2. The average Bonchev–Trinajstić information content (AvgIpc) is 3.10. The standard InChI is InChI=1S/C20H21N5O2/c1-13-18(24-19(23-13)14-6-3-2-4-7-14)20(27)25-9-5-8-15(11-25)16-10-17(26)22-12-21-16/h2-4,6-7,10,12,15H,5,8-9,11H2,1H3,(H,23,24)(H,21,22,26)/t15-/m1/s1. The lowest BCUT2D eigenvalue weighted by atomic mass is 9.94. The molecular weight excluding hydrogens is 342 g/mol. The third-order valence-electron chi connectivity index (χ3n) is 4.96. The van der Waals surface area contributed by atoms with Gasteiger partial charge >= 0.3 is 0 Å². The molecule has 3 aromatic rings. The fourth-order valence-corrected chi connectivity index (χ4v) is 3.56. The van der Waals surface area contributed by atoms with Gasteiger partial charge in [-0.15, -0.1) is 0 Å². The Morgan fingerprint density at radius 3 is 2.85 bits per heavy atom. The van der Waals surface area contributed by atoms with E-state index in [-0.39, 0.29) is 17.4 Å². The van der Waals surface area contributed by atoms with Gasteiger partial charge in [0, 0.05) is 36.3 Å². The van der Waals surface area contributed by atoms with E-state index in [1.165, 1.54) is 12.4 Å². The average molecular weight is 363 g/mol. The third-order valence-corrected chi connectivity index (χ3v) is 4.96. The Morgan fingerprint density at radius 1 is 1.26 bits per heavy atom. The van der Waals surface area contributed by atoms with Crippen molar-refractivity contribution in [2.75, 3.05) is 13.1 Å². The van der Waals surface area contributed by atoms with Gasteiger partial charge in [0.25, 0.3) is 11.5 Å².